The molecule has 0 N–H and O–H groups in total. The van der Waals surface area contributed by atoms with E-state index >= 15 is 0 Å². The van der Waals surface area contributed by atoms with Crippen LogP contribution in [-0.2, 0) is 42.8 Å². The molecule has 1 saturated heterocycles. The van der Waals surface area contributed by atoms with Gasteiger partial charge in [-0.05, 0) is 6.92 Å². The van der Waals surface area contributed by atoms with Crippen molar-refractivity contribution in [3.05, 3.63) is 0 Å². The van der Waals surface area contributed by atoms with Gasteiger partial charge in [0.2, 0.25) is 0 Å². The number of carbonyl (C=O) groups excluding carboxylic acids is 2. The fourth-order valence-corrected chi connectivity index (χ4v) is 2.81. The highest BCUT2D eigenvalue weighted by atomic mass is 32.2. The van der Waals surface area contributed by atoms with E-state index in [0.717, 1.165) is 20.1 Å². The van der Waals surface area contributed by atoms with E-state index in [9.17, 15) is 18.0 Å². The lowest BCUT2D eigenvalue weighted by atomic mass is 9.99. The highest BCUT2D eigenvalue weighted by Gasteiger charge is 2.50. The first-order valence-corrected chi connectivity index (χ1v) is 8.27. The zero-order chi connectivity index (χ0) is 17.1. The van der Waals surface area contributed by atoms with Gasteiger partial charge >= 0.3 is 11.9 Å². The molecular weight excluding hydrogens is 320 g/mol. The molecule has 10 heteroatoms. The highest BCUT2D eigenvalue weighted by Crippen LogP contribution is 2.29. The minimum atomic E-state index is -3.85. The molecule has 5 atom stereocenters. The highest BCUT2D eigenvalue weighted by molar-refractivity contribution is 7.86. The summed E-state index contributed by atoms with van der Waals surface area (Å²) >= 11 is 0. The normalized spacial score (nSPS) is 32.3. The van der Waals surface area contributed by atoms with E-state index in [1.807, 2.05) is 0 Å². The average molecular weight is 340 g/mol. The number of carbonyl (C=O) groups is 2. The molecule has 0 saturated carbocycles. The lowest BCUT2D eigenvalue weighted by Gasteiger charge is -2.42. The van der Waals surface area contributed by atoms with Crippen molar-refractivity contribution in [3.8, 4) is 0 Å². The third-order valence-corrected chi connectivity index (χ3v) is 3.42. The van der Waals surface area contributed by atoms with E-state index in [4.69, 9.17) is 23.1 Å². The molecule has 9 nitrogen and oxygen atoms in total. The smallest absolute Gasteiger partial charge is 0.303 e. The Hall–Kier alpha value is -1.23. The molecule has 22 heavy (non-hydrogen) atoms. The summed E-state index contributed by atoms with van der Waals surface area (Å²) in [4.78, 5) is 22.6. The summed E-state index contributed by atoms with van der Waals surface area (Å²) in [6.07, 6.45) is -4.47. The zero-order valence-electron chi connectivity index (χ0n) is 13.0. The summed E-state index contributed by atoms with van der Waals surface area (Å²) in [5, 5.41) is 0. The molecule has 0 aliphatic carbocycles. The summed E-state index contributed by atoms with van der Waals surface area (Å²) in [7, 11) is -2.54. The van der Waals surface area contributed by atoms with Crippen molar-refractivity contribution in [3.63, 3.8) is 0 Å². The fourth-order valence-electron chi connectivity index (χ4n) is 2.14. The van der Waals surface area contributed by atoms with Gasteiger partial charge in [-0.25, -0.2) is 0 Å². The molecule has 0 bridgehead atoms. The van der Waals surface area contributed by atoms with Gasteiger partial charge < -0.3 is 18.9 Å². The first-order valence-electron chi connectivity index (χ1n) is 6.46. The summed E-state index contributed by atoms with van der Waals surface area (Å²) in [6.45, 7) is 3.83. The average Bonchev–Trinajstić information content (AvgIpc) is 2.34. The Morgan fingerprint density at radius 2 is 1.50 bits per heavy atom. The third kappa shape index (κ3) is 5.20. The minimum Gasteiger partial charge on any atom is -0.455 e. The number of esters is 2. The van der Waals surface area contributed by atoms with Gasteiger partial charge in [0.1, 0.15) is 6.10 Å². The minimum absolute atomic E-state index is 0.666. The van der Waals surface area contributed by atoms with Crippen molar-refractivity contribution in [1.29, 1.82) is 0 Å². The molecule has 0 aromatic carbocycles. The van der Waals surface area contributed by atoms with E-state index < -0.39 is 52.8 Å². The predicted octanol–water partition coefficient (Wildman–Crippen LogP) is -0.414. The van der Waals surface area contributed by atoms with Crippen LogP contribution in [0.25, 0.3) is 0 Å². The summed E-state index contributed by atoms with van der Waals surface area (Å²) < 4.78 is 48.4. The maximum atomic E-state index is 11.4. The monoisotopic (exact) mass is 340 g/mol. The van der Waals surface area contributed by atoms with Crippen LogP contribution in [0.5, 0.6) is 0 Å². The zero-order valence-corrected chi connectivity index (χ0v) is 13.8. The molecule has 1 aliphatic rings. The van der Waals surface area contributed by atoms with Crippen molar-refractivity contribution in [1.82, 2.24) is 0 Å². The van der Waals surface area contributed by atoms with Crippen LogP contribution < -0.4 is 0 Å². The molecule has 0 aromatic heterocycles. The van der Waals surface area contributed by atoms with E-state index in [2.05, 4.69) is 0 Å². The van der Waals surface area contributed by atoms with Crippen LogP contribution in [0.1, 0.15) is 20.8 Å². The van der Waals surface area contributed by atoms with Gasteiger partial charge in [-0.2, -0.15) is 8.42 Å². The van der Waals surface area contributed by atoms with Gasteiger partial charge in [0.25, 0.3) is 10.1 Å². The summed E-state index contributed by atoms with van der Waals surface area (Å²) in [6, 6.07) is 0. The lowest BCUT2D eigenvalue weighted by Crippen LogP contribution is -2.61. The van der Waals surface area contributed by atoms with Crippen molar-refractivity contribution in [2.45, 2.75) is 51.5 Å². The maximum absolute atomic E-state index is 11.4. The van der Waals surface area contributed by atoms with Crippen LogP contribution in [0.4, 0.5) is 0 Å². The number of methoxy groups -OCH3 is 1. The van der Waals surface area contributed by atoms with Crippen LogP contribution in [-0.4, -0.2) is 64.4 Å². The molecular formula is C12H20O9S. The number of hydrogen-bond donors (Lipinski definition) is 0. The second-order valence-corrected chi connectivity index (χ2v) is 6.46. The van der Waals surface area contributed by atoms with Gasteiger partial charge in [-0.3, -0.25) is 13.8 Å². The second kappa shape index (κ2) is 7.36. The van der Waals surface area contributed by atoms with Crippen molar-refractivity contribution in [2.75, 3.05) is 13.4 Å². The van der Waals surface area contributed by atoms with Crippen LogP contribution in [0.15, 0.2) is 0 Å². The molecule has 0 aromatic rings. The Balaban J connectivity index is 3.16. The molecule has 0 radical (unpaired) electrons. The van der Waals surface area contributed by atoms with Gasteiger partial charge in [0.15, 0.2) is 18.5 Å². The Labute approximate surface area is 128 Å². The fraction of sp³-hybridized carbons (Fsp3) is 0.833. The summed E-state index contributed by atoms with van der Waals surface area (Å²) in [5.74, 6) is -1.35. The van der Waals surface area contributed by atoms with Gasteiger partial charge in [-0.15, -0.1) is 0 Å². The standard InChI is InChI=1S/C12H20O9S/c1-6-9(21-22(5,15)16)10(19-7(2)13)11(20-8(3)14)12(17-4)18-6/h6,9-12H,1-5H3/t6-,9-,10+,11-,12+/m1/s1. The van der Waals surface area contributed by atoms with E-state index in [1.54, 1.807) is 0 Å². The largest absolute Gasteiger partial charge is 0.455 e. The van der Waals surface area contributed by atoms with Gasteiger partial charge in [0.05, 0.1) is 12.4 Å². The van der Waals surface area contributed by atoms with Crippen molar-refractivity contribution < 1.29 is 41.1 Å². The first kappa shape index (κ1) is 18.8. The van der Waals surface area contributed by atoms with Crippen molar-refractivity contribution >= 4 is 22.1 Å². The van der Waals surface area contributed by atoms with E-state index in [0.29, 0.717) is 0 Å². The quantitative estimate of drug-likeness (QED) is 0.486. The second-order valence-electron chi connectivity index (χ2n) is 4.86. The van der Waals surface area contributed by atoms with Crippen LogP contribution in [0, 0.1) is 0 Å². The summed E-state index contributed by atoms with van der Waals surface area (Å²) in [5.41, 5.74) is 0. The molecule has 0 spiro atoms. The van der Waals surface area contributed by atoms with Crippen LogP contribution in [0.2, 0.25) is 0 Å². The molecule has 128 valence electrons. The first-order chi connectivity index (χ1) is 10.0. The van der Waals surface area contributed by atoms with Crippen LogP contribution >= 0.6 is 0 Å². The number of rotatable bonds is 5. The van der Waals surface area contributed by atoms with Gasteiger partial charge in [0, 0.05) is 21.0 Å². The molecule has 1 aliphatic heterocycles. The van der Waals surface area contributed by atoms with Crippen molar-refractivity contribution in [2.24, 2.45) is 0 Å². The molecule has 0 unspecified atom stereocenters. The number of ether oxygens (including phenoxy) is 4. The van der Waals surface area contributed by atoms with Gasteiger partial charge in [-0.1, -0.05) is 0 Å². The molecule has 0 amide bonds. The predicted molar refractivity (Wildman–Crippen MR) is 72.2 cm³/mol. The Morgan fingerprint density at radius 3 is 1.91 bits per heavy atom. The lowest BCUT2D eigenvalue weighted by molar-refractivity contribution is -0.288. The Morgan fingerprint density at radius 1 is 1.00 bits per heavy atom. The van der Waals surface area contributed by atoms with Crippen LogP contribution in [0.3, 0.4) is 0 Å². The number of hydrogen-bond acceptors (Lipinski definition) is 9. The molecule has 1 fully saturated rings. The maximum Gasteiger partial charge on any atom is 0.303 e. The third-order valence-electron chi connectivity index (χ3n) is 2.85. The topological polar surface area (TPSA) is 114 Å². The Kier molecular flexibility index (Phi) is 6.29. The Bertz CT molecular complexity index is 515. The van der Waals surface area contributed by atoms with E-state index in [-0.39, 0.29) is 0 Å². The molecule has 1 rings (SSSR count). The SMILES string of the molecule is CO[C@H]1O[C@H](C)[C@@H](OS(C)(=O)=O)[C@H](OC(C)=O)[C@H]1OC(C)=O. The van der Waals surface area contributed by atoms with E-state index in [1.165, 1.54) is 14.0 Å². The molecule has 1 heterocycles.